The Hall–Kier alpha value is -2.58. The van der Waals surface area contributed by atoms with Gasteiger partial charge in [0.2, 0.25) is 0 Å². The van der Waals surface area contributed by atoms with E-state index in [9.17, 15) is 14.4 Å². The molecule has 0 heterocycles. The van der Waals surface area contributed by atoms with Crippen LogP contribution in [0.4, 0.5) is 4.79 Å². The van der Waals surface area contributed by atoms with Crippen molar-refractivity contribution < 1.29 is 23.9 Å². The zero-order chi connectivity index (χ0) is 37.2. The third-order valence-corrected chi connectivity index (χ3v) is 9.65. The molecule has 0 aliphatic rings. The average molecular weight is 729 g/mol. The molecule has 1 amide bonds. The number of rotatable bonds is 32. The summed E-state index contributed by atoms with van der Waals surface area (Å²) in [6.07, 6.45) is 28.6. The Morgan fingerprint density at radius 1 is 0.647 bits per heavy atom. The van der Waals surface area contributed by atoms with Crippen molar-refractivity contribution in [2.24, 2.45) is 0 Å². The Morgan fingerprint density at radius 3 is 1.80 bits per heavy atom. The first kappa shape index (κ1) is 46.4. The van der Waals surface area contributed by atoms with Crippen LogP contribution in [0, 0.1) is 0 Å². The molecule has 0 aromatic heterocycles. The maximum absolute atomic E-state index is 13.2. The number of benzene rings is 1. The zero-order valence-corrected chi connectivity index (χ0v) is 33.7. The second-order valence-corrected chi connectivity index (χ2v) is 14.9. The van der Waals surface area contributed by atoms with Gasteiger partial charge in [-0.15, -0.1) is 0 Å². The standard InChI is InChI=1S/C43H72N2O5S/c1-5-7-9-11-13-18-24-34-49-41(46)30-20-16-15-17-23-32-45(43(48)51-36-33-44(3)4)38-40-29-26-28-39(37-40)27-21-22-31-42(47)50-35-25-19-14-12-10-8-6-2/h18-19,24-26,28-29,37H,5-17,20-23,27,30-36,38H2,1-4H3/b24-18-,25-19-. The number of nitrogens with zero attached hydrogens (tertiary/aromatic N) is 2. The molecule has 290 valence electrons. The van der Waals surface area contributed by atoms with Crippen LogP contribution in [0.2, 0.25) is 0 Å². The summed E-state index contributed by atoms with van der Waals surface area (Å²) in [6, 6.07) is 8.51. The number of hydrogen-bond donors (Lipinski definition) is 0. The molecule has 0 unspecified atom stereocenters. The minimum atomic E-state index is -0.130. The van der Waals surface area contributed by atoms with Crippen LogP contribution in [0.5, 0.6) is 0 Å². The van der Waals surface area contributed by atoms with Gasteiger partial charge in [-0.2, -0.15) is 0 Å². The number of ether oxygens (including phenoxy) is 2. The normalized spacial score (nSPS) is 11.5. The monoisotopic (exact) mass is 729 g/mol. The molecule has 0 N–H and O–H groups in total. The fraction of sp³-hybridized carbons (Fsp3) is 0.698. The van der Waals surface area contributed by atoms with Crippen LogP contribution in [0.3, 0.4) is 0 Å². The van der Waals surface area contributed by atoms with Gasteiger partial charge >= 0.3 is 11.9 Å². The van der Waals surface area contributed by atoms with E-state index in [1.807, 2.05) is 31.1 Å². The van der Waals surface area contributed by atoms with E-state index in [1.54, 1.807) is 0 Å². The number of amides is 1. The van der Waals surface area contributed by atoms with Gasteiger partial charge < -0.3 is 19.3 Å². The highest BCUT2D eigenvalue weighted by atomic mass is 32.2. The second-order valence-electron chi connectivity index (χ2n) is 13.9. The number of carbonyl (C=O) groups excluding carboxylic acids is 3. The van der Waals surface area contributed by atoms with Crippen LogP contribution in [-0.2, 0) is 32.0 Å². The van der Waals surface area contributed by atoms with E-state index in [0.29, 0.717) is 32.6 Å². The summed E-state index contributed by atoms with van der Waals surface area (Å²) >= 11 is 1.40. The number of thioether (sulfide) groups is 1. The molecule has 0 fully saturated rings. The topological polar surface area (TPSA) is 76.1 Å². The van der Waals surface area contributed by atoms with Crippen molar-refractivity contribution in [3.8, 4) is 0 Å². The minimum absolute atomic E-state index is 0.117. The molecule has 0 atom stereocenters. The molecule has 0 aliphatic heterocycles. The quantitative estimate of drug-likeness (QED) is 0.0415. The van der Waals surface area contributed by atoms with E-state index in [1.165, 1.54) is 68.7 Å². The van der Waals surface area contributed by atoms with Crippen LogP contribution in [0.1, 0.15) is 147 Å². The summed E-state index contributed by atoms with van der Waals surface area (Å²) in [5.74, 6) is 0.522. The highest BCUT2D eigenvalue weighted by Crippen LogP contribution is 2.18. The Morgan fingerprint density at radius 2 is 1.20 bits per heavy atom. The maximum Gasteiger partial charge on any atom is 0.306 e. The lowest BCUT2D eigenvalue weighted by Gasteiger charge is -2.23. The van der Waals surface area contributed by atoms with Crippen molar-refractivity contribution in [3.05, 3.63) is 59.7 Å². The van der Waals surface area contributed by atoms with E-state index in [4.69, 9.17) is 9.47 Å². The predicted octanol–water partition coefficient (Wildman–Crippen LogP) is 11.1. The summed E-state index contributed by atoms with van der Waals surface area (Å²) in [5.41, 5.74) is 2.37. The zero-order valence-electron chi connectivity index (χ0n) is 32.8. The number of carbonyl (C=O) groups is 3. The van der Waals surface area contributed by atoms with Gasteiger partial charge in [-0.25, -0.2) is 0 Å². The van der Waals surface area contributed by atoms with Crippen molar-refractivity contribution in [1.82, 2.24) is 9.80 Å². The van der Waals surface area contributed by atoms with Crippen LogP contribution in [-0.4, -0.2) is 73.1 Å². The molecule has 0 aliphatic carbocycles. The lowest BCUT2D eigenvalue weighted by atomic mass is 10.0. The highest BCUT2D eigenvalue weighted by Gasteiger charge is 2.15. The Labute approximate surface area is 316 Å². The van der Waals surface area contributed by atoms with Crippen LogP contribution < -0.4 is 0 Å². The highest BCUT2D eigenvalue weighted by molar-refractivity contribution is 8.13. The van der Waals surface area contributed by atoms with Crippen molar-refractivity contribution in [2.75, 3.05) is 46.2 Å². The van der Waals surface area contributed by atoms with E-state index in [2.05, 4.69) is 55.2 Å². The number of aryl methyl sites for hydroxylation is 1. The molecule has 8 heteroatoms. The van der Waals surface area contributed by atoms with Crippen molar-refractivity contribution in [3.63, 3.8) is 0 Å². The molecule has 0 radical (unpaired) electrons. The average Bonchev–Trinajstić information content (AvgIpc) is 3.11. The van der Waals surface area contributed by atoms with Crippen molar-refractivity contribution in [2.45, 2.75) is 149 Å². The molecule has 0 saturated carbocycles. The van der Waals surface area contributed by atoms with Gasteiger partial charge in [0, 0.05) is 38.2 Å². The smallest absolute Gasteiger partial charge is 0.306 e. The molecule has 0 saturated heterocycles. The molecular formula is C43H72N2O5S. The van der Waals surface area contributed by atoms with Gasteiger partial charge in [-0.1, -0.05) is 132 Å². The SMILES string of the molecule is CCCCCC/C=C\COC(=O)CCCCCCCN(Cc1cccc(CCCCC(=O)OC/C=C\CCCCCC)c1)C(=O)SCCN(C)C. The van der Waals surface area contributed by atoms with Gasteiger partial charge in [0.25, 0.3) is 5.24 Å². The van der Waals surface area contributed by atoms with Crippen molar-refractivity contribution >= 4 is 28.9 Å². The number of unbranched alkanes of at least 4 members (excludes halogenated alkanes) is 13. The maximum atomic E-state index is 13.2. The van der Waals surface area contributed by atoms with E-state index >= 15 is 0 Å². The Balaban J connectivity index is 2.40. The molecule has 1 rings (SSSR count). The van der Waals surface area contributed by atoms with E-state index in [-0.39, 0.29) is 17.2 Å². The second kappa shape index (κ2) is 33.3. The number of esters is 2. The lowest BCUT2D eigenvalue weighted by molar-refractivity contribution is -0.143. The molecule has 0 bridgehead atoms. The molecule has 51 heavy (non-hydrogen) atoms. The minimum Gasteiger partial charge on any atom is -0.461 e. The molecule has 0 spiro atoms. The molecule has 1 aromatic carbocycles. The summed E-state index contributed by atoms with van der Waals surface area (Å²) in [6.45, 7) is 7.35. The van der Waals surface area contributed by atoms with Gasteiger partial charge in [-0.3, -0.25) is 14.4 Å². The first-order chi connectivity index (χ1) is 24.8. The first-order valence-corrected chi connectivity index (χ1v) is 21.1. The summed E-state index contributed by atoms with van der Waals surface area (Å²) in [5, 5.41) is 0.129. The van der Waals surface area contributed by atoms with Gasteiger partial charge in [0.1, 0.15) is 13.2 Å². The fourth-order valence-electron chi connectivity index (χ4n) is 5.62. The van der Waals surface area contributed by atoms with Gasteiger partial charge in [0.05, 0.1) is 0 Å². The van der Waals surface area contributed by atoms with Crippen LogP contribution in [0.25, 0.3) is 0 Å². The van der Waals surface area contributed by atoms with E-state index < -0.39 is 0 Å². The number of hydrogen-bond acceptors (Lipinski definition) is 7. The third kappa shape index (κ3) is 28.7. The van der Waals surface area contributed by atoms with Crippen LogP contribution >= 0.6 is 11.8 Å². The summed E-state index contributed by atoms with van der Waals surface area (Å²) in [4.78, 5) is 41.5. The number of allylic oxidation sites excluding steroid dienone is 2. The lowest BCUT2D eigenvalue weighted by Crippen LogP contribution is -2.29. The summed E-state index contributed by atoms with van der Waals surface area (Å²) < 4.78 is 10.7. The predicted molar refractivity (Wildman–Crippen MR) is 216 cm³/mol. The van der Waals surface area contributed by atoms with Crippen LogP contribution in [0.15, 0.2) is 48.6 Å². The van der Waals surface area contributed by atoms with Gasteiger partial charge in [0.15, 0.2) is 0 Å². The van der Waals surface area contributed by atoms with Gasteiger partial charge in [-0.05, 0) is 83.0 Å². The first-order valence-electron chi connectivity index (χ1n) is 20.1. The van der Waals surface area contributed by atoms with Crippen molar-refractivity contribution in [1.29, 1.82) is 0 Å². The molecule has 7 nitrogen and oxygen atoms in total. The Bertz CT molecular complexity index is 1090. The van der Waals surface area contributed by atoms with E-state index in [0.717, 1.165) is 88.6 Å². The largest absolute Gasteiger partial charge is 0.461 e. The Kier molecular flexibility index (Phi) is 30.3. The molecular weight excluding hydrogens is 657 g/mol. The summed E-state index contributed by atoms with van der Waals surface area (Å²) in [7, 11) is 4.05. The molecule has 1 aromatic rings. The third-order valence-electron chi connectivity index (χ3n) is 8.76. The fourth-order valence-corrected chi connectivity index (χ4v) is 6.59.